The SMILES string of the molecule is N#CNC(=O)Cc1cccc(Br)c1. The number of nitrogens with zero attached hydrogens (tertiary/aromatic N) is 1. The van der Waals surface area contributed by atoms with Gasteiger partial charge in [-0.25, -0.2) is 0 Å². The molecule has 1 aromatic carbocycles. The monoisotopic (exact) mass is 238 g/mol. The van der Waals surface area contributed by atoms with Crippen LogP contribution in [0.15, 0.2) is 28.7 Å². The van der Waals surface area contributed by atoms with E-state index in [1.54, 1.807) is 6.19 Å². The van der Waals surface area contributed by atoms with Crippen LogP contribution in [0.5, 0.6) is 0 Å². The highest BCUT2D eigenvalue weighted by Crippen LogP contribution is 2.11. The summed E-state index contributed by atoms with van der Waals surface area (Å²) in [6.45, 7) is 0. The highest BCUT2D eigenvalue weighted by molar-refractivity contribution is 9.10. The van der Waals surface area contributed by atoms with Crippen molar-refractivity contribution in [1.82, 2.24) is 5.32 Å². The summed E-state index contributed by atoms with van der Waals surface area (Å²) in [6.07, 6.45) is 1.82. The van der Waals surface area contributed by atoms with Gasteiger partial charge in [0.05, 0.1) is 6.42 Å². The molecule has 1 N–H and O–H groups in total. The second-order valence-corrected chi connectivity index (χ2v) is 3.38. The molecule has 0 radical (unpaired) electrons. The van der Waals surface area contributed by atoms with Gasteiger partial charge in [-0.1, -0.05) is 28.1 Å². The van der Waals surface area contributed by atoms with Gasteiger partial charge in [-0.15, -0.1) is 0 Å². The molecule has 0 atom stereocenters. The lowest BCUT2D eigenvalue weighted by atomic mass is 10.1. The number of nitrogens with one attached hydrogen (secondary N) is 1. The van der Waals surface area contributed by atoms with Crippen molar-refractivity contribution in [2.45, 2.75) is 6.42 Å². The van der Waals surface area contributed by atoms with E-state index in [0.717, 1.165) is 10.0 Å². The van der Waals surface area contributed by atoms with Crippen molar-refractivity contribution in [2.75, 3.05) is 0 Å². The van der Waals surface area contributed by atoms with Crippen LogP contribution < -0.4 is 5.32 Å². The van der Waals surface area contributed by atoms with Gasteiger partial charge in [0.25, 0.3) is 0 Å². The molecule has 0 bridgehead atoms. The van der Waals surface area contributed by atoms with E-state index in [1.807, 2.05) is 24.3 Å². The van der Waals surface area contributed by atoms with Crippen LogP contribution in [0.3, 0.4) is 0 Å². The molecule has 0 unspecified atom stereocenters. The number of hydrogen-bond donors (Lipinski definition) is 1. The van der Waals surface area contributed by atoms with Gasteiger partial charge < -0.3 is 0 Å². The van der Waals surface area contributed by atoms with Gasteiger partial charge in [-0.2, -0.15) is 5.26 Å². The second kappa shape index (κ2) is 4.63. The summed E-state index contributed by atoms with van der Waals surface area (Å²) < 4.78 is 0.926. The van der Waals surface area contributed by atoms with E-state index in [-0.39, 0.29) is 12.3 Å². The predicted octanol–water partition coefficient (Wildman–Crippen LogP) is 1.59. The fourth-order valence-electron chi connectivity index (χ4n) is 0.939. The minimum atomic E-state index is -0.291. The Morgan fingerprint density at radius 2 is 2.38 bits per heavy atom. The van der Waals surface area contributed by atoms with Crippen molar-refractivity contribution in [3.8, 4) is 6.19 Å². The van der Waals surface area contributed by atoms with Gasteiger partial charge in [0, 0.05) is 4.47 Å². The van der Waals surface area contributed by atoms with E-state index in [9.17, 15) is 4.79 Å². The number of halogens is 1. The largest absolute Gasteiger partial charge is 0.274 e. The smallest absolute Gasteiger partial charge is 0.237 e. The van der Waals surface area contributed by atoms with Crippen LogP contribution in [-0.4, -0.2) is 5.91 Å². The number of rotatable bonds is 2. The topological polar surface area (TPSA) is 52.9 Å². The van der Waals surface area contributed by atoms with E-state index in [1.165, 1.54) is 0 Å². The standard InChI is InChI=1S/C9H7BrN2O/c10-8-3-1-2-7(4-8)5-9(13)12-6-11/h1-4H,5H2,(H,12,13). The van der Waals surface area contributed by atoms with Gasteiger partial charge in [-0.3, -0.25) is 10.1 Å². The highest BCUT2D eigenvalue weighted by atomic mass is 79.9. The fraction of sp³-hybridized carbons (Fsp3) is 0.111. The number of hydrogen-bond acceptors (Lipinski definition) is 2. The Balaban J connectivity index is 2.65. The second-order valence-electron chi connectivity index (χ2n) is 2.47. The summed E-state index contributed by atoms with van der Waals surface area (Å²) in [5, 5.41) is 10.2. The zero-order chi connectivity index (χ0) is 9.68. The molecule has 0 fully saturated rings. The van der Waals surface area contributed by atoms with Crippen molar-refractivity contribution < 1.29 is 4.79 Å². The summed E-state index contributed by atoms with van der Waals surface area (Å²) in [7, 11) is 0. The van der Waals surface area contributed by atoms with Crippen LogP contribution in [0.2, 0.25) is 0 Å². The minimum Gasteiger partial charge on any atom is -0.274 e. The van der Waals surface area contributed by atoms with Crippen molar-refractivity contribution in [3.05, 3.63) is 34.3 Å². The van der Waals surface area contributed by atoms with Crippen LogP contribution >= 0.6 is 15.9 Å². The minimum absolute atomic E-state index is 0.229. The molecule has 0 aliphatic heterocycles. The van der Waals surface area contributed by atoms with Gasteiger partial charge >= 0.3 is 0 Å². The zero-order valence-corrected chi connectivity index (χ0v) is 8.34. The van der Waals surface area contributed by atoms with Gasteiger partial charge in [0.15, 0.2) is 6.19 Å². The first-order valence-electron chi connectivity index (χ1n) is 3.65. The van der Waals surface area contributed by atoms with E-state index < -0.39 is 0 Å². The molecular weight excluding hydrogens is 232 g/mol. The lowest BCUT2D eigenvalue weighted by Crippen LogP contribution is -2.19. The molecule has 0 heterocycles. The van der Waals surface area contributed by atoms with Crippen molar-refractivity contribution in [1.29, 1.82) is 5.26 Å². The fourth-order valence-corrected chi connectivity index (χ4v) is 1.39. The maximum Gasteiger partial charge on any atom is 0.237 e. The molecule has 0 aromatic heterocycles. The maximum atomic E-state index is 11.0. The molecule has 1 aromatic rings. The average Bonchev–Trinajstić information content (AvgIpc) is 2.04. The van der Waals surface area contributed by atoms with Crippen LogP contribution in [0, 0.1) is 11.5 Å². The lowest BCUT2D eigenvalue weighted by Gasteiger charge is -1.98. The molecular formula is C9H7BrN2O. The van der Waals surface area contributed by atoms with Gasteiger partial charge in [0.2, 0.25) is 5.91 Å². The normalized spacial score (nSPS) is 8.92. The Kier molecular flexibility index (Phi) is 3.47. The highest BCUT2D eigenvalue weighted by Gasteiger charge is 2.01. The summed E-state index contributed by atoms with van der Waals surface area (Å²) in [5.74, 6) is -0.291. The number of nitriles is 1. The molecule has 13 heavy (non-hydrogen) atoms. The quantitative estimate of drug-likeness (QED) is 0.629. The lowest BCUT2D eigenvalue weighted by molar-refractivity contribution is -0.119. The Hall–Kier alpha value is -1.34. The molecule has 0 aliphatic rings. The molecule has 1 amide bonds. The third kappa shape index (κ3) is 3.26. The Morgan fingerprint density at radius 1 is 1.62 bits per heavy atom. The van der Waals surface area contributed by atoms with E-state index >= 15 is 0 Å². The van der Waals surface area contributed by atoms with Gasteiger partial charge in [-0.05, 0) is 17.7 Å². The van der Waals surface area contributed by atoms with Crippen LogP contribution in [0.1, 0.15) is 5.56 Å². The molecule has 0 aliphatic carbocycles. The van der Waals surface area contributed by atoms with Crippen molar-refractivity contribution >= 4 is 21.8 Å². The molecule has 66 valence electrons. The third-order valence-corrected chi connectivity index (χ3v) is 1.94. The molecule has 0 spiro atoms. The van der Waals surface area contributed by atoms with E-state index in [0.29, 0.717) is 0 Å². The first kappa shape index (κ1) is 9.75. The molecule has 3 nitrogen and oxygen atoms in total. The van der Waals surface area contributed by atoms with Gasteiger partial charge in [0.1, 0.15) is 0 Å². The van der Waals surface area contributed by atoms with E-state index in [2.05, 4.69) is 21.2 Å². The average molecular weight is 239 g/mol. The zero-order valence-electron chi connectivity index (χ0n) is 6.75. The van der Waals surface area contributed by atoms with Crippen molar-refractivity contribution in [3.63, 3.8) is 0 Å². The number of amides is 1. The molecule has 4 heteroatoms. The Bertz CT molecular complexity index is 357. The van der Waals surface area contributed by atoms with Crippen LogP contribution in [0.25, 0.3) is 0 Å². The first-order valence-corrected chi connectivity index (χ1v) is 4.44. The Morgan fingerprint density at radius 3 is 3.00 bits per heavy atom. The summed E-state index contributed by atoms with van der Waals surface area (Å²) in [5.41, 5.74) is 0.877. The predicted molar refractivity (Wildman–Crippen MR) is 51.6 cm³/mol. The molecule has 0 saturated heterocycles. The summed E-state index contributed by atoms with van der Waals surface area (Å²) in [4.78, 5) is 11.0. The third-order valence-electron chi connectivity index (χ3n) is 1.45. The van der Waals surface area contributed by atoms with Crippen LogP contribution in [-0.2, 0) is 11.2 Å². The van der Waals surface area contributed by atoms with E-state index in [4.69, 9.17) is 5.26 Å². The Labute approximate surface area is 84.5 Å². The van der Waals surface area contributed by atoms with Crippen LogP contribution in [0.4, 0.5) is 0 Å². The summed E-state index contributed by atoms with van der Waals surface area (Å²) in [6, 6.07) is 7.41. The maximum absolute atomic E-state index is 11.0. The number of carbonyl (C=O) groups is 1. The molecule has 1 rings (SSSR count). The number of carbonyl (C=O) groups excluding carboxylic acids is 1. The number of benzene rings is 1. The van der Waals surface area contributed by atoms with Crippen molar-refractivity contribution in [2.24, 2.45) is 0 Å². The summed E-state index contributed by atoms with van der Waals surface area (Å²) >= 11 is 3.29. The molecule has 0 saturated carbocycles. The first-order chi connectivity index (χ1) is 6.22.